The Morgan fingerprint density at radius 3 is 2.61 bits per heavy atom. The van der Waals surface area contributed by atoms with E-state index in [9.17, 15) is 0 Å². The molecule has 154 valence electrons. The van der Waals surface area contributed by atoms with E-state index in [2.05, 4.69) is 33.0 Å². The fourth-order valence-corrected chi connectivity index (χ4v) is 4.70. The van der Waals surface area contributed by atoms with Crippen molar-refractivity contribution >= 4 is 53.4 Å². The first-order valence-electron chi connectivity index (χ1n) is 9.78. The molecule has 28 heavy (non-hydrogen) atoms. The molecule has 0 amide bonds. The number of thiophene rings is 1. The summed E-state index contributed by atoms with van der Waals surface area (Å²) in [5.74, 6) is 0.609. The van der Waals surface area contributed by atoms with Crippen molar-refractivity contribution in [2.24, 2.45) is 10.7 Å². The van der Waals surface area contributed by atoms with Crippen LogP contribution in [0.15, 0.2) is 40.7 Å². The zero-order valence-corrected chi connectivity index (χ0v) is 18.6. The van der Waals surface area contributed by atoms with Crippen LogP contribution in [-0.2, 0) is 6.42 Å². The summed E-state index contributed by atoms with van der Waals surface area (Å²) in [7, 11) is 0. The Labute approximate surface area is 184 Å². The summed E-state index contributed by atoms with van der Waals surface area (Å²) in [6.45, 7) is 6.16. The third-order valence-electron chi connectivity index (χ3n) is 5.40. The van der Waals surface area contributed by atoms with Gasteiger partial charge in [-0.25, -0.2) is 4.99 Å². The van der Waals surface area contributed by atoms with Gasteiger partial charge in [-0.2, -0.15) is 0 Å². The topological polar surface area (TPSA) is 44.9 Å². The highest BCUT2D eigenvalue weighted by molar-refractivity contribution is 7.12. The Morgan fingerprint density at radius 2 is 1.86 bits per heavy atom. The zero-order chi connectivity index (χ0) is 17.8. The Morgan fingerprint density at radius 1 is 1.04 bits per heavy atom. The van der Waals surface area contributed by atoms with Crippen LogP contribution in [0.25, 0.3) is 0 Å². The number of likely N-dealkylation sites (tertiary alicyclic amines) is 1. The number of rotatable bonds is 6. The summed E-state index contributed by atoms with van der Waals surface area (Å²) in [4.78, 5) is 10.8. The van der Waals surface area contributed by atoms with Crippen molar-refractivity contribution in [2.75, 3.05) is 37.6 Å². The van der Waals surface area contributed by atoms with Gasteiger partial charge < -0.3 is 15.5 Å². The van der Waals surface area contributed by atoms with Crippen LogP contribution < -0.4 is 10.6 Å². The number of halogens is 2. The summed E-state index contributed by atoms with van der Waals surface area (Å²) in [6, 6.07) is 10.6. The van der Waals surface area contributed by atoms with E-state index in [1.165, 1.54) is 63.1 Å². The second kappa shape index (κ2) is 11.1. The lowest BCUT2D eigenvalue weighted by Crippen LogP contribution is -2.32. The van der Waals surface area contributed by atoms with Gasteiger partial charge in [-0.05, 0) is 86.9 Å². The molecule has 4 rings (SSSR count). The van der Waals surface area contributed by atoms with E-state index in [1.54, 1.807) is 11.3 Å². The van der Waals surface area contributed by atoms with Crippen LogP contribution in [-0.4, -0.2) is 43.5 Å². The van der Waals surface area contributed by atoms with Crippen LogP contribution in [0.3, 0.4) is 0 Å². The fraction of sp³-hybridized carbons (Fsp3) is 0.476. The van der Waals surface area contributed by atoms with E-state index in [4.69, 9.17) is 5.73 Å². The molecule has 0 unspecified atom stereocenters. The molecule has 0 aliphatic carbocycles. The number of aryl methyl sites for hydroxylation is 1. The average Bonchev–Trinajstić information content (AvgIpc) is 3.36. The van der Waals surface area contributed by atoms with Crippen molar-refractivity contribution in [3.8, 4) is 0 Å². The third-order valence-corrected chi connectivity index (χ3v) is 6.29. The normalized spacial score (nSPS) is 17.0. The minimum Gasteiger partial charge on any atom is -0.383 e. The number of hydrogen-bond acceptors (Lipinski definition) is 4. The molecule has 0 saturated carbocycles. The highest BCUT2D eigenvalue weighted by Gasteiger charge is 2.18. The molecule has 1 fully saturated rings. The molecule has 0 spiro atoms. The largest absolute Gasteiger partial charge is 0.383 e. The number of nitrogens with two attached hydrogens (primary N) is 1. The van der Waals surface area contributed by atoms with Crippen LogP contribution in [0.4, 0.5) is 11.4 Å². The van der Waals surface area contributed by atoms with Gasteiger partial charge in [0.25, 0.3) is 0 Å². The Hall–Kier alpha value is -1.27. The number of hydrogen-bond donors (Lipinski definition) is 1. The van der Waals surface area contributed by atoms with Crippen molar-refractivity contribution in [2.45, 2.75) is 32.1 Å². The molecule has 0 bridgehead atoms. The second-order valence-corrected chi connectivity index (χ2v) is 8.23. The van der Waals surface area contributed by atoms with E-state index < -0.39 is 0 Å². The van der Waals surface area contributed by atoms with Gasteiger partial charge in [0.2, 0.25) is 0 Å². The molecule has 1 aromatic carbocycles. The maximum absolute atomic E-state index is 6.15. The average molecular weight is 441 g/mol. The first kappa shape index (κ1) is 23.0. The maximum Gasteiger partial charge on any atom is 0.141 e. The molecule has 2 aliphatic rings. The molecule has 3 heterocycles. The molecule has 1 aromatic heterocycles. The van der Waals surface area contributed by atoms with Crippen LogP contribution in [0.5, 0.6) is 0 Å². The Kier molecular flexibility index (Phi) is 9.09. The molecule has 0 atom stereocenters. The van der Waals surface area contributed by atoms with E-state index in [1.807, 2.05) is 17.5 Å². The van der Waals surface area contributed by atoms with E-state index in [0.717, 1.165) is 23.5 Å². The zero-order valence-electron chi connectivity index (χ0n) is 16.2. The highest BCUT2D eigenvalue weighted by Crippen LogP contribution is 2.31. The third kappa shape index (κ3) is 5.63. The quantitative estimate of drug-likeness (QED) is 0.514. The predicted molar refractivity (Wildman–Crippen MR) is 126 cm³/mol. The minimum absolute atomic E-state index is 0. The maximum atomic E-state index is 6.15. The first-order chi connectivity index (χ1) is 12.8. The van der Waals surface area contributed by atoms with Gasteiger partial charge in [-0.15, -0.1) is 36.2 Å². The predicted octanol–water partition coefficient (Wildman–Crippen LogP) is 4.87. The van der Waals surface area contributed by atoms with Gasteiger partial charge in [-0.1, -0.05) is 6.07 Å². The Balaban J connectivity index is 0.00000140. The molecule has 7 heteroatoms. The number of aliphatic imine (C=N–C) groups is 1. The van der Waals surface area contributed by atoms with E-state index in [-0.39, 0.29) is 24.8 Å². The number of nitrogens with zero attached hydrogens (tertiary/aromatic N) is 3. The smallest absolute Gasteiger partial charge is 0.141 e. The van der Waals surface area contributed by atoms with Crippen molar-refractivity contribution in [1.82, 2.24) is 4.90 Å². The summed E-state index contributed by atoms with van der Waals surface area (Å²) >= 11 is 1.63. The van der Waals surface area contributed by atoms with Crippen LogP contribution >= 0.6 is 36.2 Å². The number of fused-ring (bicyclic) bond motifs is 1. The molecule has 1 saturated heterocycles. The molecule has 0 radical (unpaired) electrons. The monoisotopic (exact) mass is 440 g/mol. The van der Waals surface area contributed by atoms with Gasteiger partial charge in [0.15, 0.2) is 0 Å². The summed E-state index contributed by atoms with van der Waals surface area (Å²) in [5.41, 5.74) is 9.92. The van der Waals surface area contributed by atoms with Gasteiger partial charge in [-0.3, -0.25) is 0 Å². The lowest BCUT2D eigenvalue weighted by atomic mass is 10.0. The summed E-state index contributed by atoms with van der Waals surface area (Å²) in [5, 5.41) is 2.03. The van der Waals surface area contributed by atoms with Crippen molar-refractivity contribution in [3.05, 3.63) is 46.2 Å². The first-order valence-corrected chi connectivity index (χ1v) is 10.7. The Bertz CT molecular complexity index is 758. The minimum atomic E-state index is 0. The highest BCUT2D eigenvalue weighted by atomic mass is 35.5. The fourth-order valence-electron chi connectivity index (χ4n) is 4.07. The molecule has 2 aromatic rings. The van der Waals surface area contributed by atoms with Gasteiger partial charge in [0, 0.05) is 18.8 Å². The number of benzene rings is 1. The number of amidine groups is 1. The lowest BCUT2D eigenvalue weighted by Gasteiger charge is -2.32. The molecular weight excluding hydrogens is 411 g/mol. The van der Waals surface area contributed by atoms with Gasteiger partial charge in [0.1, 0.15) is 5.84 Å². The van der Waals surface area contributed by atoms with Crippen molar-refractivity contribution in [1.29, 1.82) is 0 Å². The van der Waals surface area contributed by atoms with E-state index in [0.29, 0.717) is 5.84 Å². The molecule has 2 N–H and O–H groups in total. The lowest BCUT2D eigenvalue weighted by molar-refractivity contribution is 0.334. The van der Waals surface area contributed by atoms with Crippen LogP contribution in [0.1, 0.15) is 36.1 Å². The van der Waals surface area contributed by atoms with E-state index >= 15 is 0 Å². The van der Waals surface area contributed by atoms with Crippen LogP contribution in [0, 0.1) is 0 Å². The van der Waals surface area contributed by atoms with Crippen molar-refractivity contribution in [3.63, 3.8) is 0 Å². The van der Waals surface area contributed by atoms with Crippen LogP contribution in [0.2, 0.25) is 0 Å². The SMILES string of the molecule is Cl.Cl.NC(=Nc1ccc2c(c1)CCCN2CCCN1CCCC1)c1cccs1. The standard InChI is InChI=1S/C21H28N4S.2ClH/c22-21(20-7-4-15-26-20)23-18-8-9-19-17(16-18)6-3-13-25(19)14-5-12-24-10-1-2-11-24;;/h4,7-9,15-16H,1-3,5-6,10-14H2,(H2,22,23);2*1H. The molecule has 2 aliphatic heterocycles. The molecular formula is C21H30Cl2N4S. The van der Waals surface area contributed by atoms with Gasteiger partial charge >= 0.3 is 0 Å². The van der Waals surface area contributed by atoms with Crippen molar-refractivity contribution < 1.29 is 0 Å². The summed E-state index contributed by atoms with van der Waals surface area (Å²) < 4.78 is 0. The second-order valence-electron chi connectivity index (χ2n) is 7.28. The summed E-state index contributed by atoms with van der Waals surface area (Å²) in [6.07, 6.45) is 6.38. The number of anilines is 1. The molecule has 4 nitrogen and oxygen atoms in total. The van der Waals surface area contributed by atoms with Gasteiger partial charge in [0.05, 0.1) is 10.6 Å².